The summed E-state index contributed by atoms with van der Waals surface area (Å²) in [6.45, 7) is 3.75. The number of rotatable bonds is 4. The molecule has 4 nitrogen and oxygen atoms in total. The molecule has 1 aromatic rings. The SMILES string of the molecule is CCCC(C#N)C(=O)c1cn(C)nc1C. The van der Waals surface area contributed by atoms with Gasteiger partial charge in [-0.2, -0.15) is 10.4 Å². The topological polar surface area (TPSA) is 58.7 Å². The lowest BCUT2D eigenvalue weighted by molar-refractivity contribution is 0.0943. The lowest BCUT2D eigenvalue weighted by Gasteiger charge is -2.04. The van der Waals surface area contributed by atoms with E-state index < -0.39 is 5.92 Å². The van der Waals surface area contributed by atoms with Crippen molar-refractivity contribution in [1.82, 2.24) is 9.78 Å². The number of hydrogen-bond donors (Lipinski definition) is 0. The largest absolute Gasteiger partial charge is 0.293 e. The molecule has 0 aliphatic carbocycles. The number of aromatic nitrogens is 2. The van der Waals surface area contributed by atoms with Crippen LogP contribution in [0, 0.1) is 24.2 Å². The van der Waals surface area contributed by atoms with Crippen LogP contribution in [-0.2, 0) is 7.05 Å². The van der Waals surface area contributed by atoms with Gasteiger partial charge in [0.25, 0.3) is 0 Å². The Labute approximate surface area is 89.5 Å². The second-order valence-corrected chi connectivity index (χ2v) is 3.64. The first-order valence-electron chi connectivity index (χ1n) is 5.04. The number of Topliss-reactive ketones (excluding diaryl/α,β-unsaturated/α-hetero) is 1. The summed E-state index contributed by atoms with van der Waals surface area (Å²) in [5, 5.41) is 13.0. The standard InChI is InChI=1S/C11H15N3O/c1-4-5-9(6-12)11(15)10-7-14(3)13-8(10)2/h7,9H,4-5H2,1-3H3. The average Bonchev–Trinajstić information content (AvgIpc) is 2.53. The van der Waals surface area contributed by atoms with Gasteiger partial charge in [-0.1, -0.05) is 13.3 Å². The van der Waals surface area contributed by atoms with E-state index in [0.717, 1.165) is 6.42 Å². The molecule has 1 heterocycles. The molecule has 0 aliphatic heterocycles. The summed E-state index contributed by atoms with van der Waals surface area (Å²) in [5.41, 5.74) is 1.26. The lowest BCUT2D eigenvalue weighted by Crippen LogP contribution is -2.13. The molecule has 0 N–H and O–H groups in total. The summed E-state index contributed by atoms with van der Waals surface area (Å²) in [7, 11) is 1.77. The van der Waals surface area contributed by atoms with E-state index in [1.807, 2.05) is 6.92 Å². The molecular weight excluding hydrogens is 190 g/mol. The molecule has 0 aromatic carbocycles. The molecule has 1 unspecified atom stereocenters. The third-order valence-electron chi connectivity index (χ3n) is 2.33. The molecule has 0 saturated heterocycles. The van der Waals surface area contributed by atoms with E-state index in [4.69, 9.17) is 5.26 Å². The number of ketones is 1. The minimum absolute atomic E-state index is 0.107. The highest BCUT2D eigenvalue weighted by Crippen LogP contribution is 2.15. The highest BCUT2D eigenvalue weighted by molar-refractivity contribution is 6.00. The minimum atomic E-state index is -0.530. The van der Waals surface area contributed by atoms with Crippen LogP contribution in [0.3, 0.4) is 0 Å². The Morgan fingerprint density at radius 1 is 1.73 bits per heavy atom. The van der Waals surface area contributed by atoms with Gasteiger partial charge >= 0.3 is 0 Å². The van der Waals surface area contributed by atoms with Gasteiger partial charge in [0.1, 0.15) is 5.92 Å². The van der Waals surface area contributed by atoms with Crippen molar-refractivity contribution < 1.29 is 4.79 Å². The van der Waals surface area contributed by atoms with E-state index >= 15 is 0 Å². The van der Waals surface area contributed by atoms with E-state index in [-0.39, 0.29) is 5.78 Å². The smallest absolute Gasteiger partial charge is 0.183 e. The minimum Gasteiger partial charge on any atom is -0.293 e. The van der Waals surface area contributed by atoms with Crippen molar-refractivity contribution in [2.75, 3.05) is 0 Å². The molecule has 0 aliphatic rings. The van der Waals surface area contributed by atoms with Gasteiger partial charge in [-0.3, -0.25) is 9.48 Å². The average molecular weight is 205 g/mol. The molecule has 0 fully saturated rings. The van der Waals surface area contributed by atoms with Gasteiger partial charge in [-0.05, 0) is 13.3 Å². The van der Waals surface area contributed by atoms with Gasteiger partial charge in [0.05, 0.1) is 17.3 Å². The van der Waals surface area contributed by atoms with Crippen LogP contribution in [-0.4, -0.2) is 15.6 Å². The Kier molecular flexibility index (Phi) is 3.62. The van der Waals surface area contributed by atoms with Gasteiger partial charge in [0.2, 0.25) is 0 Å². The summed E-state index contributed by atoms with van der Waals surface area (Å²) in [4.78, 5) is 11.9. The molecule has 0 bridgehead atoms. The fourth-order valence-electron chi connectivity index (χ4n) is 1.57. The molecule has 0 saturated carbocycles. The molecule has 0 spiro atoms. The molecule has 0 amide bonds. The van der Waals surface area contributed by atoms with Gasteiger partial charge in [0, 0.05) is 13.2 Å². The number of aryl methyl sites for hydroxylation is 2. The first-order chi connectivity index (χ1) is 7.10. The Bertz CT molecular complexity index is 400. The first kappa shape index (κ1) is 11.4. The summed E-state index contributed by atoms with van der Waals surface area (Å²) >= 11 is 0. The van der Waals surface area contributed by atoms with Gasteiger partial charge in [-0.25, -0.2) is 0 Å². The Morgan fingerprint density at radius 3 is 2.80 bits per heavy atom. The molecule has 0 radical (unpaired) electrons. The van der Waals surface area contributed by atoms with Gasteiger partial charge in [0.15, 0.2) is 5.78 Å². The van der Waals surface area contributed by atoms with E-state index in [2.05, 4.69) is 11.2 Å². The van der Waals surface area contributed by atoms with Gasteiger partial charge in [-0.15, -0.1) is 0 Å². The van der Waals surface area contributed by atoms with E-state index in [9.17, 15) is 4.79 Å². The normalized spacial score (nSPS) is 12.1. The van der Waals surface area contributed by atoms with Crippen molar-refractivity contribution >= 4 is 5.78 Å². The molecule has 4 heteroatoms. The summed E-state index contributed by atoms with van der Waals surface area (Å²) in [5.74, 6) is -0.636. The van der Waals surface area contributed by atoms with Crippen molar-refractivity contribution in [1.29, 1.82) is 5.26 Å². The molecule has 1 atom stereocenters. The lowest BCUT2D eigenvalue weighted by atomic mass is 9.95. The predicted octanol–water partition coefficient (Wildman–Crippen LogP) is 1.85. The van der Waals surface area contributed by atoms with Crippen LogP contribution in [0.4, 0.5) is 0 Å². The monoisotopic (exact) mass is 205 g/mol. The van der Waals surface area contributed by atoms with Crippen LogP contribution < -0.4 is 0 Å². The van der Waals surface area contributed by atoms with Crippen LogP contribution in [0.25, 0.3) is 0 Å². The predicted molar refractivity (Wildman–Crippen MR) is 56.3 cm³/mol. The zero-order chi connectivity index (χ0) is 11.4. The molecule has 80 valence electrons. The third kappa shape index (κ3) is 2.44. The Hall–Kier alpha value is -1.63. The maximum absolute atomic E-state index is 11.9. The van der Waals surface area contributed by atoms with Crippen LogP contribution in [0.2, 0.25) is 0 Å². The van der Waals surface area contributed by atoms with E-state index in [0.29, 0.717) is 17.7 Å². The van der Waals surface area contributed by atoms with E-state index in [1.165, 1.54) is 0 Å². The second-order valence-electron chi connectivity index (χ2n) is 3.64. The Morgan fingerprint density at radius 2 is 2.40 bits per heavy atom. The Balaban J connectivity index is 2.93. The maximum Gasteiger partial charge on any atom is 0.183 e. The van der Waals surface area contributed by atoms with Crippen LogP contribution in [0.15, 0.2) is 6.20 Å². The van der Waals surface area contributed by atoms with Crippen molar-refractivity contribution in [3.05, 3.63) is 17.5 Å². The summed E-state index contributed by atoms with van der Waals surface area (Å²) < 4.78 is 1.60. The van der Waals surface area contributed by atoms with E-state index in [1.54, 1.807) is 24.9 Å². The van der Waals surface area contributed by atoms with Gasteiger partial charge < -0.3 is 0 Å². The van der Waals surface area contributed by atoms with Crippen molar-refractivity contribution in [3.8, 4) is 6.07 Å². The number of carbonyl (C=O) groups excluding carboxylic acids is 1. The summed E-state index contributed by atoms with van der Waals surface area (Å²) in [6, 6.07) is 2.05. The highest BCUT2D eigenvalue weighted by Gasteiger charge is 2.21. The van der Waals surface area contributed by atoms with Crippen molar-refractivity contribution in [2.24, 2.45) is 13.0 Å². The molecule has 1 rings (SSSR count). The first-order valence-corrected chi connectivity index (χ1v) is 5.04. The number of nitriles is 1. The number of carbonyl (C=O) groups is 1. The van der Waals surface area contributed by atoms with Crippen LogP contribution >= 0.6 is 0 Å². The number of hydrogen-bond acceptors (Lipinski definition) is 3. The molecular formula is C11H15N3O. The fourth-order valence-corrected chi connectivity index (χ4v) is 1.57. The summed E-state index contributed by atoms with van der Waals surface area (Å²) in [6.07, 6.45) is 3.13. The van der Waals surface area contributed by atoms with Crippen molar-refractivity contribution in [2.45, 2.75) is 26.7 Å². The number of nitrogens with zero attached hydrogens (tertiary/aromatic N) is 3. The highest BCUT2D eigenvalue weighted by atomic mass is 16.1. The quantitative estimate of drug-likeness (QED) is 0.705. The van der Waals surface area contributed by atoms with Crippen LogP contribution in [0.1, 0.15) is 35.8 Å². The fraction of sp³-hybridized carbons (Fsp3) is 0.545. The molecule has 15 heavy (non-hydrogen) atoms. The van der Waals surface area contributed by atoms with Crippen molar-refractivity contribution in [3.63, 3.8) is 0 Å². The zero-order valence-corrected chi connectivity index (χ0v) is 9.32. The maximum atomic E-state index is 11.9. The molecule has 1 aromatic heterocycles. The zero-order valence-electron chi connectivity index (χ0n) is 9.32. The third-order valence-corrected chi connectivity index (χ3v) is 2.33. The second kappa shape index (κ2) is 4.74. The van der Waals surface area contributed by atoms with Crippen LogP contribution in [0.5, 0.6) is 0 Å².